The SMILES string of the molecule is C[C@@H](C(N)=O)N1C(=O)[C@@H]2[C@@H](C1=O)[C@@H]1CC[C@@H]2O1. The number of primary amides is 1. The van der Waals surface area contributed by atoms with Crippen molar-refractivity contribution in [2.45, 2.75) is 38.0 Å². The van der Waals surface area contributed by atoms with Crippen molar-refractivity contribution in [3.05, 3.63) is 0 Å². The van der Waals surface area contributed by atoms with E-state index in [9.17, 15) is 14.4 Å². The predicted octanol–water partition coefficient (Wildman–Crippen LogP) is -0.977. The van der Waals surface area contributed by atoms with E-state index in [1.807, 2.05) is 0 Å². The van der Waals surface area contributed by atoms with E-state index in [0.717, 1.165) is 17.7 Å². The van der Waals surface area contributed by atoms with Crippen LogP contribution in [0.3, 0.4) is 0 Å². The van der Waals surface area contributed by atoms with E-state index in [4.69, 9.17) is 10.5 Å². The van der Waals surface area contributed by atoms with Crippen LogP contribution in [-0.2, 0) is 19.1 Å². The summed E-state index contributed by atoms with van der Waals surface area (Å²) in [4.78, 5) is 36.5. The molecule has 2 bridgehead atoms. The van der Waals surface area contributed by atoms with Crippen LogP contribution in [0.4, 0.5) is 0 Å². The Morgan fingerprint density at radius 3 is 2.18 bits per heavy atom. The molecule has 5 atom stereocenters. The summed E-state index contributed by atoms with van der Waals surface area (Å²) >= 11 is 0. The highest BCUT2D eigenvalue weighted by Crippen LogP contribution is 2.48. The van der Waals surface area contributed by atoms with E-state index in [-0.39, 0.29) is 35.9 Å². The minimum Gasteiger partial charge on any atom is -0.373 e. The summed E-state index contributed by atoms with van der Waals surface area (Å²) in [6, 6.07) is -0.861. The lowest BCUT2D eigenvalue weighted by Gasteiger charge is -2.21. The normalized spacial score (nSPS) is 40.9. The maximum atomic E-state index is 12.2. The fourth-order valence-corrected chi connectivity index (χ4v) is 3.24. The van der Waals surface area contributed by atoms with Gasteiger partial charge in [0.2, 0.25) is 17.7 Å². The lowest BCUT2D eigenvalue weighted by atomic mass is 9.81. The number of amides is 3. The van der Waals surface area contributed by atoms with Crippen LogP contribution in [0.1, 0.15) is 19.8 Å². The Labute approximate surface area is 98.1 Å². The fourth-order valence-electron chi connectivity index (χ4n) is 3.24. The summed E-state index contributed by atoms with van der Waals surface area (Å²) < 4.78 is 5.58. The summed E-state index contributed by atoms with van der Waals surface area (Å²) in [7, 11) is 0. The van der Waals surface area contributed by atoms with Crippen LogP contribution in [-0.4, -0.2) is 40.9 Å². The topological polar surface area (TPSA) is 89.7 Å². The molecular formula is C11H14N2O4. The van der Waals surface area contributed by atoms with Gasteiger partial charge < -0.3 is 10.5 Å². The smallest absolute Gasteiger partial charge is 0.240 e. The largest absolute Gasteiger partial charge is 0.373 e. The molecule has 6 nitrogen and oxygen atoms in total. The van der Waals surface area contributed by atoms with Gasteiger partial charge in [0.05, 0.1) is 24.0 Å². The number of hydrogen-bond donors (Lipinski definition) is 1. The van der Waals surface area contributed by atoms with Gasteiger partial charge in [-0.1, -0.05) is 0 Å². The third-order valence-corrected chi connectivity index (χ3v) is 4.12. The van der Waals surface area contributed by atoms with Crippen LogP contribution in [0.15, 0.2) is 0 Å². The van der Waals surface area contributed by atoms with E-state index in [0.29, 0.717) is 0 Å². The second-order valence-corrected chi connectivity index (χ2v) is 4.97. The first-order chi connectivity index (χ1) is 8.02. The molecule has 0 aromatic heterocycles. The first-order valence-electron chi connectivity index (χ1n) is 5.84. The molecule has 0 aromatic carbocycles. The van der Waals surface area contributed by atoms with Crippen LogP contribution in [0.2, 0.25) is 0 Å². The van der Waals surface area contributed by atoms with Crippen LogP contribution in [0.5, 0.6) is 0 Å². The van der Waals surface area contributed by atoms with E-state index in [1.54, 1.807) is 0 Å². The molecule has 3 aliphatic heterocycles. The number of nitrogens with two attached hydrogens (primary N) is 1. The van der Waals surface area contributed by atoms with Gasteiger partial charge in [-0.05, 0) is 19.8 Å². The molecule has 3 saturated heterocycles. The number of rotatable bonds is 2. The molecule has 3 amide bonds. The first kappa shape index (κ1) is 10.7. The third kappa shape index (κ3) is 1.21. The molecule has 3 heterocycles. The van der Waals surface area contributed by atoms with Crippen molar-refractivity contribution in [1.29, 1.82) is 0 Å². The number of carbonyl (C=O) groups is 3. The summed E-state index contributed by atoms with van der Waals surface area (Å²) in [6.45, 7) is 1.49. The number of ether oxygens (including phenoxy) is 1. The van der Waals surface area contributed by atoms with Gasteiger partial charge in [0.1, 0.15) is 6.04 Å². The van der Waals surface area contributed by atoms with Crippen LogP contribution >= 0.6 is 0 Å². The van der Waals surface area contributed by atoms with Gasteiger partial charge >= 0.3 is 0 Å². The summed E-state index contributed by atoms with van der Waals surface area (Å²) in [6.07, 6.45) is 1.35. The van der Waals surface area contributed by atoms with Crippen molar-refractivity contribution in [1.82, 2.24) is 4.90 Å². The maximum Gasteiger partial charge on any atom is 0.240 e. The molecule has 0 spiro atoms. The van der Waals surface area contributed by atoms with Gasteiger partial charge in [-0.15, -0.1) is 0 Å². The monoisotopic (exact) mass is 238 g/mol. The van der Waals surface area contributed by atoms with E-state index in [1.165, 1.54) is 6.92 Å². The van der Waals surface area contributed by atoms with Crippen LogP contribution < -0.4 is 5.73 Å². The zero-order valence-electron chi connectivity index (χ0n) is 9.46. The lowest BCUT2D eigenvalue weighted by molar-refractivity contribution is -0.148. The zero-order valence-corrected chi connectivity index (χ0v) is 9.46. The van der Waals surface area contributed by atoms with Gasteiger partial charge in [-0.25, -0.2) is 0 Å². The molecule has 0 aromatic rings. The molecule has 17 heavy (non-hydrogen) atoms. The molecule has 3 fully saturated rings. The Morgan fingerprint density at radius 2 is 1.76 bits per heavy atom. The summed E-state index contributed by atoms with van der Waals surface area (Å²) in [5.74, 6) is -2.01. The van der Waals surface area contributed by atoms with Gasteiger partial charge in [0.15, 0.2) is 0 Å². The molecule has 2 N–H and O–H groups in total. The highest BCUT2D eigenvalue weighted by Gasteiger charge is 2.63. The number of imide groups is 1. The Kier molecular flexibility index (Phi) is 2.07. The quantitative estimate of drug-likeness (QED) is 0.626. The number of nitrogens with zero attached hydrogens (tertiary/aromatic N) is 1. The van der Waals surface area contributed by atoms with Crippen molar-refractivity contribution < 1.29 is 19.1 Å². The number of carbonyl (C=O) groups excluding carboxylic acids is 3. The Balaban J connectivity index is 1.93. The van der Waals surface area contributed by atoms with Gasteiger partial charge in [0, 0.05) is 0 Å². The fraction of sp³-hybridized carbons (Fsp3) is 0.727. The molecular weight excluding hydrogens is 224 g/mol. The number of likely N-dealkylation sites (tertiary alicyclic amines) is 1. The van der Waals surface area contributed by atoms with Crippen molar-refractivity contribution in [3.63, 3.8) is 0 Å². The van der Waals surface area contributed by atoms with Crippen molar-refractivity contribution in [2.24, 2.45) is 17.6 Å². The minimum atomic E-state index is -0.861. The third-order valence-electron chi connectivity index (χ3n) is 4.12. The molecule has 0 unspecified atom stereocenters. The summed E-state index contributed by atoms with van der Waals surface area (Å²) in [5, 5.41) is 0. The Hall–Kier alpha value is -1.43. The number of fused-ring (bicyclic) bond motifs is 5. The molecule has 0 aliphatic carbocycles. The molecule has 6 heteroatoms. The minimum absolute atomic E-state index is 0.147. The Morgan fingerprint density at radius 1 is 1.29 bits per heavy atom. The Bertz CT molecular complexity index is 394. The molecule has 3 aliphatic rings. The van der Waals surface area contributed by atoms with Gasteiger partial charge in [-0.3, -0.25) is 19.3 Å². The van der Waals surface area contributed by atoms with E-state index in [2.05, 4.69) is 0 Å². The molecule has 3 rings (SSSR count). The lowest BCUT2D eigenvalue weighted by Crippen LogP contribution is -2.47. The second-order valence-electron chi connectivity index (χ2n) is 4.97. The predicted molar refractivity (Wildman–Crippen MR) is 55.4 cm³/mol. The molecule has 92 valence electrons. The molecule has 0 radical (unpaired) electrons. The highest BCUT2D eigenvalue weighted by molar-refractivity contribution is 6.09. The van der Waals surface area contributed by atoms with Gasteiger partial charge in [-0.2, -0.15) is 0 Å². The molecule has 0 saturated carbocycles. The zero-order chi connectivity index (χ0) is 12.3. The first-order valence-corrected chi connectivity index (χ1v) is 5.84. The maximum absolute atomic E-state index is 12.2. The van der Waals surface area contributed by atoms with E-state index >= 15 is 0 Å². The second kappa shape index (κ2) is 3.29. The number of hydrogen-bond acceptors (Lipinski definition) is 4. The highest BCUT2D eigenvalue weighted by atomic mass is 16.5. The standard InChI is InChI=1S/C11H14N2O4/c1-4(9(12)14)13-10(15)7-5-2-3-6(17-5)8(7)11(13)16/h4-8H,2-3H2,1H3,(H2,12,14)/t4-,5-,6-,7-,8-/m0/s1. The average Bonchev–Trinajstić information content (AvgIpc) is 2.92. The van der Waals surface area contributed by atoms with Crippen molar-refractivity contribution >= 4 is 17.7 Å². The van der Waals surface area contributed by atoms with Crippen molar-refractivity contribution in [3.8, 4) is 0 Å². The van der Waals surface area contributed by atoms with Gasteiger partial charge in [0.25, 0.3) is 0 Å². The average molecular weight is 238 g/mol. The van der Waals surface area contributed by atoms with Crippen molar-refractivity contribution in [2.75, 3.05) is 0 Å². The van der Waals surface area contributed by atoms with E-state index < -0.39 is 11.9 Å². The summed E-state index contributed by atoms with van der Waals surface area (Å²) in [5.41, 5.74) is 5.16. The van der Waals surface area contributed by atoms with Crippen LogP contribution in [0.25, 0.3) is 0 Å². The van der Waals surface area contributed by atoms with Crippen LogP contribution in [0, 0.1) is 11.8 Å².